The molecule has 0 aliphatic carbocycles. The molecule has 1 N–H and O–H groups in total. The van der Waals surface area contributed by atoms with Gasteiger partial charge in [-0.2, -0.15) is 0 Å². The lowest BCUT2D eigenvalue weighted by molar-refractivity contribution is -0.127. The van der Waals surface area contributed by atoms with Crippen molar-refractivity contribution in [1.82, 2.24) is 20.2 Å². The molecule has 1 unspecified atom stereocenters. The second kappa shape index (κ2) is 8.47. The maximum atomic E-state index is 12.4. The van der Waals surface area contributed by atoms with Gasteiger partial charge in [-0.1, -0.05) is 11.8 Å². The van der Waals surface area contributed by atoms with E-state index in [1.807, 2.05) is 11.9 Å². The van der Waals surface area contributed by atoms with Crippen molar-refractivity contribution < 1.29 is 4.79 Å². The van der Waals surface area contributed by atoms with Gasteiger partial charge < -0.3 is 10.2 Å². The van der Waals surface area contributed by atoms with Crippen LogP contribution in [0.2, 0.25) is 0 Å². The number of nitrogens with one attached hydrogen (secondary N) is 1. The fourth-order valence-corrected chi connectivity index (χ4v) is 5.02. The van der Waals surface area contributed by atoms with Crippen molar-refractivity contribution in [3.8, 4) is 0 Å². The molecule has 0 bridgehead atoms. The smallest absolute Gasteiger partial charge is 0.232 e. The summed E-state index contributed by atoms with van der Waals surface area (Å²) in [6.45, 7) is 6.94. The van der Waals surface area contributed by atoms with Crippen LogP contribution in [0.5, 0.6) is 0 Å². The van der Waals surface area contributed by atoms with Gasteiger partial charge in [0.15, 0.2) is 0 Å². The van der Waals surface area contributed by atoms with Crippen molar-refractivity contribution in [2.45, 2.75) is 25.3 Å². The Morgan fingerprint density at radius 3 is 3.00 bits per heavy atom. The number of thiophene rings is 1. The van der Waals surface area contributed by atoms with E-state index in [4.69, 9.17) is 0 Å². The van der Waals surface area contributed by atoms with Gasteiger partial charge in [0.1, 0.15) is 16.2 Å². The standard InChI is InChI=1S/C16H22N4OS2.ClH/c1-10-11(2)23-16-14(10)15(18-9-19-16)22-8-13(21)20-5-4-12(7-20)6-17-3;/h9,12,17H,4-8H2,1-3H3;1H. The number of amides is 1. The lowest BCUT2D eigenvalue weighted by Crippen LogP contribution is -2.31. The predicted molar refractivity (Wildman–Crippen MR) is 103 cm³/mol. The minimum Gasteiger partial charge on any atom is -0.342 e. The largest absolute Gasteiger partial charge is 0.342 e. The molecule has 0 spiro atoms. The van der Waals surface area contributed by atoms with Crippen molar-refractivity contribution in [1.29, 1.82) is 0 Å². The van der Waals surface area contributed by atoms with Crippen LogP contribution in [-0.4, -0.2) is 53.2 Å². The molecule has 24 heavy (non-hydrogen) atoms. The fourth-order valence-electron chi connectivity index (χ4n) is 3.00. The van der Waals surface area contributed by atoms with E-state index in [2.05, 4.69) is 29.1 Å². The first-order chi connectivity index (χ1) is 11.1. The number of fused-ring (bicyclic) bond motifs is 1. The van der Waals surface area contributed by atoms with Gasteiger partial charge in [-0.15, -0.1) is 23.7 Å². The van der Waals surface area contributed by atoms with E-state index in [0.717, 1.165) is 41.3 Å². The summed E-state index contributed by atoms with van der Waals surface area (Å²) in [6.07, 6.45) is 2.70. The highest BCUT2D eigenvalue weighted by atomic mass is 35.5. The Labute approximate surface area is 157 Å². The molecule has 0 saturated carbocycles. The average molecular weight is 387 g/mol. The first kappa shape index (κ1) is 19.4. The van der Waals surface area contributed by atoms with Crippen molar-refractivity contribution in [2.75, 3.05) is 32.4 Å². The SMILES string of the molecule is CNCC1CCN(C(=O)CSc2ncnc3sc(C)c(C)c23)C1.Cl. The third-order valence-corrected chi connectivity index (χ3v) is 6.48. The summed E-state index contributed by atoms with van der Waals surface area (Å²) < 4.78 is 0. The van der Waals surface area contributed by atoms with Crippen LogP contribution in [0.1, 0.15) is 16.9 Å². The van der Waals surface area contributed by atoms with Crippen molar-refractivity contribution in [3.63, 3.8) is 0 Å². The van der Waals surface area contributed by atoms with Gasteiger partial charge in [-0.05, 0) is 45.3 Å². The maximum absolute atomic E-state index is 12.4. The second-order valence-electron chi connectivity index (χ2n) is 5.98. The van der Waals surface area contributed by atoms with Crippen molar-refractivity contribution >= 4 is 51.6 Å². The van der Waals surface area contributed by atoms with E-state index < -0.39 is 0 Å². The van der Waals surface area contributed by atoms with Crippen LogP contribution in [-0.2, 0) is 4.79 Å². The van der Waals surface area contributed by atoms with Gasteiger partial charge in [0.25, 0.3) is 0 Å². The molecule has 132 valence electrons. The van der Waals surface area contributed by atoms with Crippen molar-refractivity contribution in [3.05, 3.63) is 16.8 Å². The molecule has 3 rings (SSSR count). The summed E-state index contributed by atoms with van der Waals surface area (Å²) in [5, 5.41) is 5.24. The Hall–Kier alpha value is -0.890. The number of hydrogen-bond donors (Lipinski definition) is 1. The summed E-state index contributed by atoms with van der Waals surface area (Å²) in [5.74, 6) is 1.25. The summed E-state index contributed by atoms with van der Waals surface area (Å²) in [7, 11) is 1.96. The number of halogens is 1. The normalized spacial score (nSPS) is 17.3. The Balaban J connectivity index is 0.00000208. The molecule has 1 saturated heterocycles. The molecule has 0 aromatic carbocycles. The summed E-state index contributed by atoms with van der Waals surface area (Å²) in [5.41, 5.74) is 1.23. The van der Waals surface area contributed by atoms with E-state index in [1.54, 1.807) is 17.7 Å². The minimum absolute atomic E-state index is 0. The van der Waals surface area contributed by atoms with E-state index in [1.165, 1.54) is 22.2 Å². The topological polar surface area (TPSA) is 58.1 Å². The number of thioether (sulfide) groups is 1. The number of nitrogens with zero attached hydrogens (tertiary/aromatic N) is 3. The Bertz CT molecular complexity index is 721. The van der Waals surface area contributed by atoms with Crippen LogP contribution in [0.4, 0.5) is 0 Å². The first-order valence-electron chi connectivity index (χ1n) is 7.86. The number of aryl methyl sites for hydroxylation is 2. The Morgan fingerprint density at radius 2 is 2.25 bits per heavy atom. The molecule has 0 radical (unpaired) electrons. The zero-order valence-electron chi connectivity index (χ0n) is 14.2. The number of likely N-dealkylation sites (tertiary alicyclic amines) is 1. The third kappa shape index (κ3) is 4.02. The molecular weight excluding hydrogens is 364 g/mol. The molecule has 5 nitrogen and oxygen atoms in total. The second-order valence-corrected chi connectivity index (χ2v) is 8.15. The van der Waals surface area contributed by atoms with Crippen LogP contribution in [0.15, 0.2) is 11.4 Å². The number of aromatic nitrogens is 2. The zero-order chi connectivity index (χ0) is 16.4. The van der Waals surface area contributed by atoms with Crippen LogP contribution < -0.4 is 5.32 Å². The van der Waals surface area contributed by atoms with Crippen LogP contribution in [0.25, 0.3) is 10.2 Å². The zero-order valence-corrected chi connectivity index (χ0v) is 16.6. The molecule has 3 heterocycles. The van der Waals surface area contributed by atoms with E-state index in [9.17, 15) is 4.79 Å². The highest BCUT2D eigenvalue weighted by molar-refractivity contribution is 8.00. The number of rotatable bonds is 5. The lowest BCUT2D eigenvalue weighted by Gasteiger charge is -2.16. The van der Waals surface area contributed by atoms with E-state index in [0.29, 0.717) is 11.7 Å². The third-order valence-electron chi connectivity index (χ3n) is 4.39. The quantitative estimate of drug-likeness (QED) is 0.632. The molecule has 1 aliphatic heterocycles. The molecule has 1 atom stereocenters. The predicted octanol–water partition coefficient (Wildman–Crippen LogP) is 2.89. The van der Waals surface area contributed by atoms with E-state index >= 15 is 0 Å². The van der Waals surface area contributed by atoms with Crippen LogP contribution >= 0.6 is 35.5 Å². The van der Waals surface area contributed by atoms with Crippen LogP contribution in [0.3, 0.4) is 0 Å². The van der Waals surface area contributed by atoms with Gasteiger partial charge in [-0.3, -0.25) is 4.79 Å². The summed E-state index contributed by atoms with van der Waals surface area (Å²) in [4.78, 5) is 25.5. The molecular formula is C16H23ClN4OS2. The Kier molecular flexibility index (Phi) is 6.86. The summed E-state index contributed by atoms with van der Waals surface area (Å²) in [6, 6.07) is 0. The van der Waals surface area contributed by atoms with Gasteiger partial charge in [0.05, 0.1) is 5.75 Å². The number of carbonyl (C=O) groups is 1. The molecule has 2 aromatic rings. The molecule has 2 aromatic heterocycles. The first-order valence-corrected chi connectivity index (χ1v) is 9.66. The monoisotopic (exact) mass is 386 g/mol. The molecule has 1 fully saturated rings. The summed E-state index contributed by atoms with van der Waals surface area (Å²) >= 11 is 3.23. The number of carbonyl (C=O) groups excluding carboxylic acids is 1. The lowest BCUT2D eigenvalue weighted by atomic mass is 10.1. The van der Waals surface area contributed by atoms with Crippen molar-refractivity contribution in [2.24, 2.45) is 5.92 Å². The fraction of sp³-hybridized carbons (Fsp3) is 0.562. The number of hydrogen-bond acceptors (Lipinski definition) is 6. The maximum Gasteiger partial charge on any atom is 0.232 e. The highest BCUT2D eigenvalue weighted by Gasteiger charge is 2.25. The van der Waals surface area contributed by atoms with Crippen LogP contribution in [0, 0.1) is 19.8 Å². The van der Waals surface area contributed by atoms with Gasteiger partial charge >= 0.3 is 0 Å². The minimum atomic E-state index is 0. The average Bonchev–Trinajstić information content (AvgIpc) is 3.11. The highest BCUT2D eigenvalue weighted by Crippen LogP contribution is 2.34. The molecule has 8 heteroatoms. The van der Waals surface area contributed by atoms with Gasteiger partial charge in [0.2, 0.25) is 5.91 Å². The molecule has 1 amide bonds. The molecule has 1 aliphatic rings. The van der Waals surface area contributed by atoms with E-state index in [-0.39, 0.29) is 18.3 Å². The van der Waals surface area contributed by atoms with Gasteiger partial charge in [-0.25, -0.2) is 9.97 Å². The Morgan fingerprint density at radius 1 is 1.46 bits per heavy atom. The van der Waals surface area contributed by atoms with Gasteiger partial charge in [0, 0.05) is 23.4 Å².